The van der Waals surface area contributed by atoms with Gasteiger partial charge in [-0.15, -0.1) is 0 Å². The summed E-state index contributed by atoms with van der Waals surface area (Å²) in [5.74, 6) is 5.75. The normalized spacial score (nSPS) is 17.8. The van der Waals surface area contributed by atoms with Crippen LogP contribution in [0.25, 0.3) is 0 Å². The summed E-state index contributed by atoms with van der Waals surface area (Å²) in [4.78, 5) is 18.5. The Labute approximate surface area is 218 Å². The first kappa shape index (κ1) is 26.7. The summed E-state index contributed by atoms with van der Waals surface area (Å²) < 4.78 is 18.3. The van der Waals surface area contributed by atoms with Crippen LogP contribution in [0.3, 0.4) is 0 Å². The van der Waals surface area contributed by atoms with Gasteiger partial charge < -0.3 is 15.2 Å². The van der Waals surface area contributed by atoms with Gasteiger partial charge in [-0.05, 0) is 42.3 Å². The predicted molar refractivity (Wildman–Crippen MR) is 144 cm³/mol. The molecule has 2 atom stereocenters. The fraction of sp³-hybridized carbons (Fsp3) is 0.400. The average Bonchev–Trinajstić information content (AvgIpc) is 2.90. The summed E-state index contributed by atoms with van der Waals surface area (Å²) >= 11 is 0. The summed E-state index contributed by atoms with van der Waals surface area (Å²) in [5, 5.41) is 13.4. The van der Waals surface area contributed by atoms with Gasteiger partial charge in [-0.2, -0.15) is 0 Å². The molecule has 2 aliphatic rings. The lowest BCUT2D eigenvalue weighted by Crippen LogP contribution is -2.50. The van der Waals surface area contributed by atoms with Gasteiger partial charge >= 0.3 is 0 Å². The van der Waals surface area contributed by atoms with Crippen molar-refractivity contribution in [3.63, 3.8) is 0 Å². The molecule has 0 spiro atoms. The number of aliphatic hydroxyl groups excluding tert-OH is 1. The van der Waals surface area contributed by atoms with Crippen molar-refractivity contribution >= 4 is 12.0 Å². The van der Waals surface area contributed by atoms with Crippen molar-refractivity contribution in [2.45, 2.75) is 44.4 Å². The van der Waals surface area contributed by atoms with E-state index < -0.39 is 6.67 Å². The second-order valence-electron chi connectivity index (χ2n) is 9.72. The zero-order valence-electron chi connectivity index (χ0n) is 21.4. The molecule has 4 rings (SSSR count). The maximum atomic E-state index is 13.0. The molecule has 2 N–H and O–H groups in total. The van der Waals surface area contributed by atoms with E-state index in [9.17, 15) is 14.3 Å². The van der Waals surface area contributed by atoms with E-state index in [2.05, 4.69) is 39.2 Å². The highest BCUT2D eigenvalue weighted by Gasteiger charge is 2.26. The highest BCUT2D eigenvalue weighted by molar-refractivity contribution is 6.03. The van der Waals surface area contributed by atoms with Crippen LogP contribution in [0.1, 0.15) is 47.9 Å². The van der Waals surface area contributed by atoms with Crippen LogP contribution < -0.4 is 5.32 Å². The molecule has 37 heavy (non-hydrogen) atoms. The van der Waals surface area contributed by atoms with E-state index >= 15 is 0 Å². The van der Waals surface area contributed by atoms with Crippen LogP contribution in [0.15, 0.2) is 65.0 Å². The molecule has 6 nitrogen and oxygen atoms in total. The van der Waals surface area contributed by atoms with E-state index in [1.165, 1.54) is 11.8 Å². The Morgan fingerprint density at radius 2 is 1.78 bits per heavy atom. The van der Waals surface area contributed by atoms with Gasteiger partial charge in [0.05, 0.1) is 11.8 Å². The second-order valence-corrected chi connectivity index (χ2v) is 9.72. The number of halogens is 1. The van der Waals surface area contributed by atoms with E-state index in [1.54, 1.807) is 14.0 Å². The molecular weight excluding hydrogens is 469 g/mol. The van der Waals surface area contributed by atoms with Gasteiger partial charge in [0.15, 0.2) is 5.76 Å². The minimum Gasteiger partial charge on any atom is -0.503 e. The monoisotopic (exact) mass is 503 g/mol. The quantitative estimate of drug-likeness (QED) is 0.477. The number of ketones is 1. The van der Waals surface area contributed by atoms with E-state index in [4.69, 9.17) is 4.74 Å². The zero-order valence-corrected chi connectivity index (χ0v) is 21.4. The summed E-state index contributed by atoms with van der Waals surface area (Å²) in [6, 6.07) is 15.9. The third-order valence-corrected chi connectivity index (χ3v) is 6.80. The van der Waals surface area contributed by atoms with Crippen molar-refractivity contribution < 1.29 is 19.0 Å². The summed E-state index contributed by atoms with van der Waals surface area (Å²) in [6.45, 7) is 4.67. The van der Waals surface area contributed by atoms with Crippen molar-refractivity contribution in [1.82, 2.24) is 10.2 Å². The van der Waals surface area contributed by atoms with Gasteiger partial charge in [-0.3, -0.25) is 14.7 Å². The first-order valence-corrected chi connectivity index (χ1v) is 12.7. The molecule has 2 aliphatic heterocycles. The number of hydrogen-bond acceptors (Lipinski definition) is 6. The first-order chi connectivity index (χ1) is 17.9. The van der Waals surface area contributed by atoms with Gasteiger partial charge in [0.1, 0.15) is 6.67 Å². The number of nitrogens with one attached hydrogen (secondary N) is 1. The highest BCUT2D eigenvalue weighted by Crippen LogP contribution is 2.27. The molecule has 0 saturated carbocycles. The third-order valence-electron chi connectivity index (χ3n) is 6.80. The lowest BCUT2D eigenvalue weighted by Gasteiger charge is -2.38. The van der Waals surface area contributed by atoms with Crippen LogP contribution >= 0.6 is 0 Å². The number of alkyl halides is 1. The molecule has 0 bridgehead atoms. The predicted octanol–water partition coefficient (Wildman–Crippen LogP) is 4.15. The number of Topliss-reactive ketones (excluding diaryl/α,β-unsaturated/α-hetero) is 1. The number of carbonyl (C=O) groups excluding carboxylic acids is 1. The molecule has 0 radical (unpaired) electrons. The summed E-state index contributed by atoms with van der Waals surface area (Å²) in [6.07, 6.45) is 2.37. The van der Waals surface area contributed by atoms with E-state index in [0.717, 1.165) is 36.3 Å². The van der Waals surface area contributed by atoms with E-state index in [-0.39, 0.29) is 29.9 Å². The molecule has 2 heterocycles. The molecule has 194 valence electrons. The lowest BCUT2D eigenvalue weighted by atomic mass is 9.92. The fourth-order valence-electron chi connectivity index (χ4n) is 4.38. The number of hydrogen-bond donors (Lipinski definition) is 2. The largest absolute Gasteiger partial charge is 0.503 e. The number of likely N-dealkylation sites (tertiary alicyclic amines) is 1. The van der Waals surface area contributed by atoms with Crippen LogP contribution in [0.4, 0.5) is 4.39 Å². The van der Waals surface area contributed by atoms with Crippen molar-refractivity contribution in [2.75, 3.05) is 33.4 Å². The molecule has 1 fully saturated rings. The zero-order chi connectivity index (χ0) is 26.2. The van der Waals surface area contributed by atoms with Crippen molar-refractivity contribution in [1.29, 1.82) is 0 Å². The van der Waals surface area contributed by atoms with Crippen LogP contribution in [-0.4, -0.2) is 67.6 Å². The number of methoxy groups -OCH3 is 1. The topological polar surface area (TPSA) is 74.2 Å². The Kier molecular flexibility index (Phi) is 9.24. The second kappa shape index (κ2) is 12.8. The van der Waals surface area contributed by atoms with Crippen LogP contribution in [-0.2, 0) is 16.1 Å². The number of rotatable bonds is 10. The number of ether oxygens (including phenoxy) is 1. The van der Waals surface area contributed by atoms with Gasteiger partial charge in [-0.1, -0.05) is 36.1 Å². The molecule has 7 heteroatoms. The standard InChI is InChI=1S/C30H34FN3O3/c1-21(16-31)33-17-26(15-28-30(36)29(35)13-14-32-28)25-11-9-23(10-12-25)4-3-22-5-7-24(8-6-22)18-34-19-27(20-34)37-2/h5-12,14,21,26-27,33,36H,13,15-20H2,1-2H3/t21-,26?/m0/s1. The minimum atomic E-state index is -0.473. The Morgan fingerprint density at radius 1 is 1.14 bits per heavy atom. The molecule has 1 unspecified atom stereocenters. The Morgan fingerprint density at radius 3 is 2.41 bits per heavy atom. The van der Waals surface area contributed by atoms with Gasteiger partial charge in [-0.25, -0.2) is 4.39 Å². The Bertz CT molecular complexity index is 1190. The molecular formula is C30H34FN3O3. The smallest absolute Gasteiger partial charge is 0.204 e. The minimum absolute atomic E-state index is 0.0886. The summed E-state index contributed by atoms with van der Waals surface area (Å²) in [5.41, 5.74) is 4.47. The van der Waals surface area contributed by atoms with Gasteiger partial charge in [0.2, 0.25) is 5.78 Å². The first-order valence-electron chi connectivity index (χ1n) is 12.7. The Balaban J connectivity index is 1.41. The third kappa shape index (κ3) is 7.36. The van der Waals surface area contributed by atoms with Gasteiger partial charge in [0, 0.05) is 75.4 Å². The number of nitrogens with zero attached hydrogens (tertiary/aromatic N) is 2. The van der Waals surface area contributed by atoms with Crippen LogP contribution in [0.5, 0.6) is 0 Å². The van der Waals surface area contributed by atoms with Crippen LogP contribution in [0.2, 0.25) is 0 Å². The van der Waals surface area contributed by atoms with E-state index in [1.807, 2.05) is 36.4 Å². The SMILES string of the molecule is COC1CN(Cc2ccc(C#Cc3ccc(C(CN[C@@H](C)CF)CC4=C(O)C(=O)CC=N4)cc3)cc2)C1. The molecule has 0 amide bonds. The highest BCUT2D eigenvalue weighted by atomic mass is 19.1. The molecule has 0 aliphatic carbocycles. The number of aliphatic imine (C=N–C) groups is 1. The molecule has 0 aromatic heterocycles. The van der Waals surface area contributed by atoms with Crippen molar-refractivity contribution in [2.24, 2.45) is 4.99 Å². The van der Waals surface area contributed by atoms with Crippen molar-refractivity contribution in [3.8, 4) is 11.8 Å². The van der Waals surface area contributed by atoms with Crippen molar-refractivity contribution in [3.05, 3.63) is 82.2 Å². The summed E-state index contributed by atoms with van der Waals surface area (Å²) in [7, 11) is 1.76. The number of benzene rings is 2. The average molecular weight is 504 g/mol. The van der Waals surface area contributed by atoms with E-state index in [0.29, 0.717) is 24.8 Å². The Hall–Kier alpha value is -3.31. The maximum absolute atomic E-state index is 13.0. The fourth-order valence-corrected chi connectivity index (χ4v) is 4.38. The molecule has 2 aromatic rings. The number of carbonyl (C=O) groups is 1. The van der Waals surface area contributed by atoms with Gasteiger partial charge in [0.25, 0.3) is 0 Å². The molecule has 2 aromatic carbocycles. The van der Waals surface area contributed by atoms with Crippen LogP contribution in [0, 0.1) is 11.8 Å². The lowest BCUT2D eigenvalue weighted by molar-refractivity contribution is -0.117. The number of aliphatic hydroxyl groups is 1. The maximum Gasteiger partial charge on any atom is 0.204 e. The molecule has 1 saturated heterocycles. The number of allylic oxidation sites excluding steroid dienone is 2.